The van der Waals surface area contributed by atoms with Gasteiger partial charge in [-0.3, -0.25) is 10.1 Å². The normalized spacial score (nSPS) is 16.4. The number of rotatable bonds is 2. The zero-order valence-electron chi connectivity index (χ0n) is 12.7. The fourth-order valence-corrected chi connectivity index (χ4v) is 3.13. The average molecular weight is 308 g/mol. The SMILES string of the molecule is CC1CCc2nc(N)c(C#N)c(-c3ccc([N+](=O)[O-])cc3)c2C1. The van der Waals surface area contributed by atoms with Crippen LogP contribution in [0.1, 0.15) is 30.2 Å². The van der Waals surface area contributed by atoms with E-state index < -0.39 is 4.92 Å². The molecule has 1 aliphatic rings. The Morgan fingerprint density at radius 1 is 1.39 bits per heavy atom. The van der Waals surface area contributed by atoms with Crippen molar-refractivity contribution in [2.45, 2.75) is 26.2 Å². The molecule has 2 aromatic rings. The molecule has 2 N–H and O–H groups in total. The van der Waals surface area contributed by atoms with Gasteiger partial charge in [0.25, 0.3) is 5.69 Å². The molecular formula is C17H16N4O2. The standard InChI is InChI=1S/C17H16N4O2/c1-10-2-7-15-13(8-10)16(14(9-18)17(19)20-15)11-3-5-12(6-4-11)21(22)23/h3-6,10H,2,7-8H2,1H3,(H2,19,20). The summed E-state index contributed by atoms with van der Waals surface area (Å²) in [6.07, 6.45) is 2.72. The minimum absolute atomic E-state index is 0.0246. The fourth-order valence-electron chi connectivity index (χ4n) is 3.13. The topological polar surface area (TPSA) is 106 Å². The lowest BCUT2D eigenvalue weighted by Crippen LogP contribution is -2.16. The number of nitro benzene ring substituents is 1. The number of hydrogen-bond acceptors (Lipinski definition) is 5. The predicted octanol–water partition coefficient (Wildman–Crippen LogP) is 3.24. The maximum atomic E-state index is 10.8. The van der Waals surface area contributed by atoms with Crippen LogP contribution in [0.25, 0.3) is 11.1 Å². The van der Waals surface area contributed by atoms with Gasteiger partial charge in [0, 0.05) is 23.4 Å². The molecule has 1 atom stereocenters. The number of anilines is 1. The van der Waals surface area contributed by atoms with Gasteiger partial charge in [0.1, 0.15) is 17.5 Å². The van der Waals surface area contributed by atoms with Gasteiger partial charge < -0.3 is 5.73 Å². The lowest BCUT2D eigenvalue weighted by molar-refractivity contribution is -0.384. The molecule has 0 spiro atoms. The molecule has 1 aliphatic carbocycles. The van der Waals surface area contributed by atoms with E-state index in [2.05, 4.69) is 18.0 Å². The van der Waals surface area contributed by atoms with Crippen molar-refractivity contribution in [2.75, 3.05) is 5.73 Å². The van der Waals surface area contributed by atoms with Crippen LogP contribution in [0, 0.1) is 27.4 Å². The second-order valence-corrected chi connectivity index (χ2v) is 5.94. The van der Waals surface area contributed by atoms with E-state index in [-0.39, 0.29) is 11.5 Å². The highest BCUT2D eigenvalue weighted by atomic mass is 16.6. The Bertz CT molecular complexity index is 822. The zero-order valence-corrected chi connectivity index (χ0v) is 12.7. The third-order valence-electron chi connectivity index (χ3n) is 4.32. The van der Waals surface area contributed by atoms with Crippen molar-refractivity contribution in [1.82, 2.24) is 4.98 Å². The number of fused-ring (bicyclic) bond motifs is 1. The number of pyridine rings is 1. The number of non-ortho nitro benzene ring substituents is 1. The molecule has 23 heavy (non-hydrogen) atoms. The number of aryl methyl sites for hydroxylation is 1. The van der Waals surface area contributed by atoms with Gasteiger partial charge in [0.05, 0.1) is 4.92 Å². The van der Waals surface area contributed by atoms with Crippen molar-refractivity contribution >= 4 is 11.5 Å². The average Bonchev–Trinajstić information content (AvgIpc) is 2.54. The highest BCUT2D eigenvalue weighted by molar-refractivity contribution is 5.79. The van der Waals surface area contributed by atoms with Crippen LogP contribution in [0.4, 0.5) is 11.5 Å². The largest absolute Gasteiger partial charge is 0.383 e. The fraction of sp³-hybridized carbons (Fsp3) is 0.294. The summed E-state index contributed by atoms with van der Waals surface area (Å²) < 4.78 is 0. The molecule has 1 aromatic carbocycles. The Hall–Kier alpha value is -2.94. The Morgan fingerprint density at radius 3 is 2.70 bits per heavy atom. The predicted molar refractivity (Wildman–Crippen MR) is 86.6 cm³/mol. The number of nitrogens with two attached hydrogens (primary N) is 1. The van der Waals surface area contributed by atoms with Gasteiger partial charge in [-0.1, -0.05) is 6.92 Å². The summed E-state index contributed by atoms with van der Waals surface area (Å²) in [5, 5.41) is 20.3. The second kappa shape index (κ2) is 5.69. The first kappa shape index (κ1) is 15.0. The summed E-state index contributed by atoms with van der Waals surface area (Å²) in [6.45, 7) is 2.17. The first-order valence-electron chi connectivity index (χ1n) is 7.47. The lowest BCUT2D eigenvalue weighted by Gasteiger charge is -2.24. The molecule has 0 aliphatic heterocycles. The van der Waals surface area contributed by atoms with Crippen LogP contribution in [0.2, 0.25) is 0 Å². The monoisotopic (exact) mass is 308 g/mol. The molecule has 3 rings (SSSR count). The Morgan fingerprint density at radius 2 is 2.09 bits per heavy atom. The van der Waals surface area contributed by atoms with Gasteiger partial charge in [-0.05, 0) is 48.4 Å². The molecule has 6 heteroatoms. The van der Waals surface area contributed by atoms with Crippen LogP contribution in [0.15, 0.2) is 24.3 Å². The van der Waals surface area contributed by atoms with Crippen molar-refractivity contribution in [3.05, 3.63) is 51.2 Å². The van der Waals surface area contributed by atoms with Crippen LogP contribution >= 0.6 is 0 Å². The molecule has 1 heterocycles. The summed E-state index contributed by atoms with van der Waals surface area (Å²) in [5.74, 6) is 0.741. The van der Waals surface area contributed by atoms with Crippen LogP contribution < -0.4 is 5.73 Å². The van der Waals surface area contributed by atoms with Gasteiger partial charge in [0.2, 0.25) is 0 Å². The Labute approximate surface area is 133 Å². The Kier molecular flexibility index (Phi) is 3.70. The minimum Gasteiger partial charge on any atom is -0.383 e. The van der Waals surface area contributed by atoms with Crippen LogP contribution in [-0.4, -0.2) is 9.91 Å². The van der Waals surface area contributed by atoms with E-state index >= 15 is 0 Å². The van der Waals surface area contributed by atoms with Gasteiger partial charge in [-0.2, -0.15) is 5.26 Å². The minimum atomic E-state index is -0.437. The van der Waals surface area contributed by atoms with Crippen molar-refractivity contribution in [3.63, 3.8) is 0 Å². The summed E-state index contributed by atoms with van der Waals surface area (Å²) in [6, 6.07) is 8.39. The number of nitro groups is 1. The van der Waals surface area contributed by atoms with Crippen molar-refractivity contribution in [3.8, 4) is 17.2 Å². The number of aromatic nitrogens is 1. The van der Waals surface area contributed by atoms with Crippen molar-refractivity contribution in [1.29, 1.82) is 5.26 Å². The molecule has 0 radical (unpaired) electrons. The Balaban J connectivity index is 2.22. The third kappa shape index (κ3) is 2.61. The first-order chi connectivity index (χ1) is 11.0. The maximum Gasteiger partial charge on any atom is 0.269 e. The van der Waals surface area contributed by atoms with E-state index in [0.717, 1.165) is 41.6 Å². The maximum absolute atomic E-state index is 10.8. The van der Waals surface area contributed by atoms with Crippen molar-refractivity contribution < 1.29 is 4.92 Å². The van der Waals surface area contributed by atoms with Crippen molar-refractivity contribution in [2.24, 2.45) is 5.92 Å². The molecule has 0 saturated carbocycles. The molecule has 0 fully saturated rings. The van der Waals surface area contributed by atoms with Gasteiger partial charge in [0.15, 0.2) is 0 Å². The van der Waals surface area contributed by atoms with E-state index in [0.29, 0.717) is 11.5 Å². The second-order valence-electron chi connectivity index (χ2n) is 5.94. The van der Waals surface area contributed by atoms with Gasteiger partial charge in [-0.25, -0.2) is 4.98 Å². The molecule has 0 amide bonds. The van der Waals surface area contributed by atoms with E-state index in [1.807, 2.05) is 0 Å². The first-order valence-corrected chi connectivity index (χ1v) is 7.47. The van der Waals surface area contributed by atoms with E-state index in [1.165, 1.54) is 12.1 Å². The molecule has 1 unspecified atom stereocenters. The molecule has 0 bridgehead atoms. The quantitative estimate of drug-likeness (QED) is 0.677. The number of nitriles is 1. The molecule has 1 aromatic heterocycles. The number of hydrogen-bond donors (Lipinski definition) is 1. The van der Waals surface area contributed by atoms with Gasteiger partial charge >= 0.3 is 0 Å². The summed E-state index contributed by atoms with van der Waals surface area (Å²) in [7, 11) is 0. The zero-order chi connectivity index (χ0) is 16.6. The molecule has 116 valence electrons. The smallest absolute Gasteiger partial charge is 0.269 e. The third-order valence-corrected chi connectivity index (χ3v) is 4.32. The lowest BCUT2D eigenvalue weighted by atomic mass is 9.82. The van der Waals surface area contributed by atoms with Gasteiger partial charge in [-0.15, -0.1) is 0 Å². The van der Waals surface area contributed by atoms with E-state index in [4.69, 9.17) is 5.73 Å². The molecular weight excluding hydrogens is 292 g/mol. The molecule has 6 nitrogen and oxygen atoms in total. The summed E-state index contributed by atoms with van der Waals surface area (Å²) >= 11 is 0. The molecule has 0 saturated heterocycles. The summed E-state index contributed by atoms with van der Waals surface area (Å²) in [5.41, 5.74) is 9.87. The van der Waals surface area contributed by atoms with E-state index in [9.17, 15) is 15.4 Å². The number of nitrogens with zero attached hydrogens (tertiary/aromatic N) is 3. The highest BCUT2D eigenvalue weighted by Crippen LogP contribution is 2.37. The van der Waals surface area contributed by atoms with Crippen LogP contribution in [0.5, 0.6) is 0 Å². The van der Waals surface area contributed by atoms with E-state index in [1.54, 1.807) is 12.1 Å². The highest BCUT2D eigenvalue weighted by Gasteiger charge is 2.25. The summed E-state index contributed by atoms with van der Waals surface area (Å²) in [4.78, 5) is 14.8. The van der Waals surface area contributed by atoms with Crippen LogP contribution in [0.3, 0.4) is 0 Å². The number of benzene rings is 1. The number of nitrogen functional groups attached to an aromatic ring is 1. The van der Waals surface area contributed by atoms with Crippen LogP contribution in [-0.2, 0) is 12.8 Å².